The first kappa shape index (κ1) is 12.0. The van der Waals surface area contributed by atoms with Gasteiger partial charge in [0.25, 0.3) is 0 Å². The van der Waals surface area contributed by atoms with E-state index in [-0.39, 0.29) is 11.0 Å². The lowest BCUT2D eigenvalue weighted by Crippen LogP contribution is -2.00. The number of carbonyl (C=O) groups excluding carboxylic acids is 1. The Hall–Kier alpha value is -1.95. The molecule has 0 spiro atoms. The molecular weight excluding hydrogens is 192 g/mol. The van der Waals surface area contributed by atoms with Crippen molar-refractivity contribution in [2.45, 2.75) is 0 Å². The molecule has 1 rings (SSSR count). The quantitative estimate of drug-likeness (QED) is 0.429. The number of esters is 1. The molecule has 1 aromatic carbocycles. The summed E-state index contributed by atoms with van der Waals surface area (Å²) in [5, 5.41) is 26.9. The highest BCUT2D eigenvalue weighted by atomic mass is 16.5. The number of rotatable bonds is 1. The largest absolute Gasteiger partial charge is 0.504 e. The van der Waals surface area contributed by atoms with Crippen molar-refractivity contribution in [2.24, 2.45) is 0 Å². The van der Waals surface area contributed by atoms with E-state index in [9.17, 15) is 4.79 Å². The fourth-order valence-corrected chi connectivity index (χ4v) is 0.840. The third-order valence-electron chi connectivity index (χ3n) is 1.49. The van der Waals surface area contributed by atoms with Crippen LogP contribution in [0.3, 0.4) is 0 Å². The molecule has 0 aliphatic carbocycles. The van der Waals surface area contributed by atoms with Gasteiger partial charge in [-0.2, -0.15) is 0 Å². The van der Waals surface area contributed by atoms with E-state index >= 15 is 0 Å². The Morgan fingerprint density at radius 3 is 2.00 bits per heavy atom. The molecule has 1 aromatic rings. The smallest absolute Gasteiger partial charge is 0.338 e. The Morgan fingerprint density at radius 1 is 1.21 bits per heavy atom. The van der Waals surface area contributed by atoms with Crippen molar-refractivity contribution in [3.05, 3.63) is 17.7 Å². The lowest BCUT2D eigenvalue weighted by Gasteiger charge is -2.03. The van der Waals surface area contributed by atoms with E-state index in [0.29, 0.717) is 0 Å². The first-order valence-corrected chi connectivity index (χ1v) is 3.39. The van der Waals surface area contributed by atoms with Gasteiger partial charge in [-0.15, -0.1) is 0 Å². The molecule has 5 N–H and O–H groups in total. The van der Waals surface area contributed by atoms with Gasteiger partial charge in [-0.05, 0) is 12.1 Å². The summed E-state index contributed by atoms with van der Waals surface area (Å²) in [6, 6.07) is 2.00. The standard InChI is InChI=1S/C8H8O5.H2O/c1-13-8(12)4-2-5(9)7(11)6(10)3-4;/h2-3,9-11H,1H3;1H2. The number of ether oxygens (including phenoxy) is 1. The molecule has 0 bridgehead atoms. The van der Waals surface area contributed by atoms with Gasteiger partial charge in [-0.1, -0.05) is 0 Å². The van der Waals surface area contributed by atoms with Crippen molar-refractivity contribution >= 4 is 5.97 Å². The predicted octanol–water partition coefficient (Wildman–Crippen LogP) is -0.235. The van der Waals surface area contributed by atoms with Crippen LogP contribution < -0.4 is 0 Å². The fourth-order valence-electron chi connectivity index (χ4n) is 0.840. The summed E-state index contributed by atoms with van der Waals surface area (Å²) >= 11 is 0. The summed E-state index contributed by atoms with van der Waals surface area (Å²) in [4.78, 5) is 10.9. The summed E-state index contributed by atoms with van der Waals surface area (Å²) in [5.74, 6) is -2.50. The Morgan fingerprint density at radius 2 is 1.64 bits per heavy atom. The molecule has 6 nitrogen and oxygen atoms in total. The monoisotopic (exact) mass is 202 g/mol. The normalized spacial score (nSPS) is 8.93. The molecule has 0 aliphatic heterocycles. The molecule has 0 unspecified atom stereocenters. The van der Waals surface area contributed by atoms with Crippen LogP contribution in [0.25, 0.3) is 0 Å². The highest BCUT2D eigenvalue weighted by Gasteiger charge is 2.13. The summed E-state index contributed by atoms with van der Waals surface area (Å²) in [6.07, 6.45) is 0. The van der Waals surface area contributed by atoms with Crippen molar-refractivity contribution in [3.63, 3.8) is 0 Å². The lowest BCUT2D eigenvalue weighted by molar-refractivity contribution is 0.0599. The Kier molecular flexibility index (Phi) is 3.73. The van der Waals surface area contributed by atoms with Crippen LogP contribution in [0.5, 0.6) is 17.2 Å². The highest BCUT2D eigenvalue weighted by molar-refractivity contribution is 5.90. The van der Waals surface area contributed by atoms with Gasteiger partial charge in [0, 0.05) is 0 Å². The molecule has 14 heavy (non-hydrogen) atoms. The maximum Gasteiger partial charge on any atom is 0.338 e. The van der Waals surface area contributed by atoms with E-state index in [2.05, 4.69) is 4.74 Å². The van der Waals surface area contributed by atoms with Gasteiger partial charge in [-0.3, -0.25) is 0 Å². The number of phenols is 3. The number of hydrogen-bond acceptors (Lipinski definition) is 5. The van der Waals surface area contributed by atoms with Crippen LogP contribution in [0.15, 0.2) is 12.1 Å². The number of methoxy groups -OCH3 is 1. The molecule has 0 atom stereocenters. The van der Waals surface area contributed by atoms with Crippen molar-refractivity contribution in [1.82, 2.24) is 0 Å². The Balaban J connectivity index is 0.00000169. The zero-order chi connectivity index (χ0) is 10.0. The average molecular weight is 202 g/mol. The minimum atomic E-state index is -0.703. The second kappa shape index (κ2) is 4.33. The molecule has 0 aliphatic rings. The third-order valence-corrected chi connectivity index (χ3v) is 1.49. The minimum absolute atomic E-state index is 0. The first-order chi connectivity index (χ1) is 6.06. The van der Waals surface area contributed by atoms with Gasteiger partial charge in [0.15, 0.2) is 17.2 Å². The van der Waals surface area contributed by atoms with Crippen molar-refractivity contribution in [1.29, 1.82) is 0 Å². The fraction of sp³-hybridized carbons (Fsp3) is 0.125. The summed E-state index contributed by atoms with van der Waals surface area (Å²) in [5.41, 5.74) is -0.0321. The number of carbonyl (C=O) groups is 1. The minimum Gasteiger partial charge on any atom is -0.504 e. The summed E-state index contributed by atoms with van der Waals surface area (Å²) in [6.45, 7) is 0. The topological polar surface area (TPSA) is 118 Å². The van der Waals surface area contributed by atoms with Gasteiger partial charge < -0.3 is 25.5 Å². The van der Waals surface area contributed by atoms with Crippen LogP contribution in [0, 0.1) is 0 Å². The number of phenolic OH excluding ortho intramolecular Hbond substituents is 3. The molecule has 0 saturated carbocycles. The SMILES string of the molecule is COC(=O)c1cc(O)c(O)c(O)c1.O. The molecular formula is C8H10O6. The van der Waals surface area contributed by atoms with E-state index in [1.165, 1.54) is 7.11 Å². The van der Waals surface area contributed by atoms with Crippen LogP contribution >= 0.6 is 0 Å². The lowest BCUT2D eigenvalue weighted by atomic mass is 10.2. The number of benzene rings is 1. The highest BCUT2D eigenvalue weighted by Crippen LogP contribution is 2.35. The van der Waals surface area contributed by atoms with Gasteiger partial charge in [0.2, 0.25) is 0 Å². The maximum absolute atomic E-state index is 10.9. The van der Waals surface area contributed by atoms with E-state index < -0.39 is 23.2 Å². The van der Waals surface area contributed by atoms with E-state index in [0.717, 1.165) is 12.1 Å². The summed E-state index contributed by atoms with van der Waals surface area (Å²) < 4.78 is 4.34. The zero-order valence-electron chi connectivity index (χ0n) is 7.31. The number of aromatic hydroxyl groups is 3. The van der Waals surface area contributed by atoms with Gasteiger partial charge >= 0.3 is 5.97 Å². The molecule has 6 heteroatoms. The molecule has 0 aromatic heterocycles. The average Bonchev–Trinajstić information content (AvgIpc) is 2.12. The van der Waals surface area contributed by atoms with Crippen molar-refractivity contribution in [2.75, 3.05) is 7.11 Å². The van der Waals surface area contributed by atoms with E-state index in [4.69, 9.17) is 15.3 Å². The second-order valence-electron chi connectivity index (χ2n) is 2.35. The molecule has 0 amide bonds. The third kappa shape index (κ3) is 2.05. The number of hydrogen-bond donors (Lipinski definition) is 3. The molecule has 78 valence electrons. The Bertz CT molecular complexity index is 323. The molecule has 0 heterocycles. The van der Waals surface area contributed by atoms with Gasteiger partial charge in [-0.25, -0.2) is 4.79 Å². The predicted molar refractivity (Wildman–Crippen MR) is 46.4 cm³/mol. The maximum atomic E-state index is 10.9. The Labute approximate surface area is 79.3 Å². The van der Waals surface area contributed by atoms with Crippen LogP contribution in [-0.2, 0) is 4.74 Å². The second-order valence-corrected chi connectivity index (χ2v) is 2.35. The molecule has 0 saturated heterocycles. The van der Waals surface area contributed by atoms with Crippen LogP contribution in [0.2, 0.25) is 0 Å². The summed E-state index contributed by atoms with van der Waals surface area (Å²) in [7, 11) is 1.17. The van der Waals surface area contributed by atoms with Gasteiger partial charge in [0.1, 0.15) is 0 Å². The molecule has 0 fully saturated rings. The van der Waals surface area contributed by atoms with Gasteiger partial charge in [0.05, 0.1) is 12.7 Å². The zero-order valence-corrected chi connectivity index (χ0v) is 7.31. The van der Waals surface area contributed by atoms with Crippen LogP contribution in [-0.4, -0.2) is 33.9 Å². The van der Waals surface area contributed by atoms with Crippen molar-refractivity contribution in [3.8, 4) is 17.2 Å². The van der Waals surface area contributed by atoms with Crippen LogP contribution in [0.4, 0.5) is 0 Å². The first-order valence-electron chi connectivity index (χ1n) is 3.39. The van der Waals surface area contributed by atoms with Crippen molar-refractivity contribution < 1.29 is 30.3 Å². The van der Waals surface area contributed by atoms with Crippen LogP contribution in [0.1, 0.15) is 10.4 Å². The van der Waals surface area contributed by atoms with E-state index in [1.54, 1.807) is 0 Å². The van der Waals surface area contributed by atoms with E-state index in [1.807, 2.05) is 0 Å². The molecule has 0 radical (unpaired) electrons.